The van der Waals surface area contributed by atoms with E-state index < -0.39 is 0 Å². The lowest BCUT2D eigenvalue weighted by Crippen LogP contribution is -2.15. The number of nitrogens with zero attached hydrogens (tertiary/aromatic N) is 2. The van der Waals surface area contributed by atoms with Crippen LogP contribution in [0.3, 0.4) is 0 Å². The fourth-order valence-electron chi connectivity index (χ4n) is 3.68. The summed E-state index contributed by atoms with van der Waals surface area (Å²) in [5.74, 6) is -0.416. The number of fused-ring (bicyclic) bond motifs is 1. The second-order valence-corrected chi connectivity index (χ2v) is 7.07. The summed E-state index contributed by atoms with van der Waals surface area (Å²) in [6.45, 7) is 1.40. The number of ether oxygens (including phenoxy) is 1. The second-order valence-electron chi connectivity index (χ2n) is 7.07. The maximum Gasteiger partial charge on any atom is 0.276 e. The first-order valence-electron chi connectivity index (χ1n) is 9.60. The molecule has 0 spiro atoms. The Kier molecular flexibility index (Phi) is 5.22. The molecule has 7 nitrogen and oxygen atoms in total. The van der Waals surface area contributed by atoms with Crippen LogP contribution in [-0.4, -0.2) is 28.7 Å². The maximum absolute atomic E-state index is 13.3. The molecular formula is C22H21FN4O3. The molecule has 30 heavy (non-hydrogen) atoms. The molecule has 0 unspecified atom stereocenters. The van der Waals surface area contributed by atoms with Gasteiger partial charge in [-0.3, -0.25) is 9.59 Å². The van der Waals surface area contributed by atoms with E-state index in [0.29, 0.717) is 28.5 Å². The SMILES string of the molecule is COc1ccc(NC(=O)c2nn(-c3ccc(F)cc3)c3c2CCC3)cc1NC(C)=O. The van der Waals surface area contributed by atoms with Crippen molar-refractivity contribution in [2.45, 2.75) is 26.2 Å². The summed E-state index contributed by atoms with van der Waals surface area (Å²) in [6, 6.07) is 11.0. The number of carbonyl (C=O) groups is 2. The van der Waals surface area contributed by atoms with Crippen LogP contribution in [0.2, 0.25) is 0 Å². The molecule has 0 saturated heterocycles. The maximum atomic E-state index is 13.3. The molecule has 8 heteroatoms. The molecule has 0 radical (unpaired) electrons. The van der Waals surface area contributed by atoms with E-state index in [1.807, 2.05) is 0 Å². The van der Waals surface area contributed by atoms with Crippen molar-refractivity contribution in [1.29, 1.82) is 0 Å². The highest BCUT2D eigenvalue weighted by Gasteiger charge is 2.27. The van der Waals surface area contributed by atoms with Gasteiger partial charge in [0.1, 0.15) is 11.6 Å². The van der Waals surface area contributed by atoms with Gasteiger partial charge in [0, 0.05) is 23.9 Å². The molecular weight excluding hydrogens is 387 g/mol. The highest BCUT2D eigenvalue weighted by molar-refractivity contribution is 6.05. The van der Waals surface area contributed by atoms with Gasteiger partial charge in [-0.2, -0.15) is 5.10 Å². The number of hydrogen-bond donors (Lipinski definition) is 2. The molecule has 3 aromatic rings. The fraction of sp³-hybridized carbons (Fsp3) is 0.227. The summed E-state index contributed by atoms with van der Waals surface area (Å²) in [5.41, 5.74) is 3.92. The van der Waals surface area contributed by atoms with E-state index in [2.05, 4.69) is 15.7 Å². The van der Waals surface area contributed by atoms with Gasteiger partial charge in [-0.15, -0.1) is 0 Å². The Hall–Kier alpha value is -3.68. The van der Waals surface area contributed by atoms with Crippen LogP contribution in [0.4, 0.5) is 15.8 Å². The van der Waals surface area contributed by atoms with Gasteiger partial charge in [0.2, 0.25) is 5.91 Å². The average Bonchev–Trinajstić information content (AvgIpc) is 3.31. The molecule has 2 N–H and O–H groups in total. The van der Waals surface area contributed by atoms with E-state index in [0.717, 1.165) is 30.5 Å². The Bertz CT molecular complexity index is 1120. The first-order chi connectivity index (χ1) is 14.5. The van der Waals surface area contributed by atoms with Gasteiger partial charge in [-0.25, -0.2) is 9.07 Å². The molecule has 0 bridgehead atoms. The Labute approximate surface area is 172 Å². The van der Waals surface area contributed by atoms with Crippen LogP contribution in [0.5, 0.6) is 5.75 Å². The predicted molar refractivity (Wildman–Crippen MR) is 111 cm³/mol. The average molecular weight is 408 g/mol. The first kappa shape index (κ1) is 19.6. The first-order valence-corrected chi connectivity index (χ1v) is 9.60. The third kappa shape index (κ3) is 3.76. The minimum absolute atomic E-state index is 0.243. The molecule has 2 aromatic carbocycles. The Morgan fingerprint density at radius 1 is 1.10 bits per heavy atom. The molecule has 0 fully saturated rings. The zero-order chi connectivity index (χ0) is 21.3. The van der Waals surface area contributed by atoms with Crippen molar-refractivity contribution in [3.8, 4) is 11.4 Å². The van der Waals surface area contributed by atoms with E-state index in [1.54, 1.807) is 35.0 Å². The fourth-order valence-corrected chi connectivity index (χ4v) is 3.68. The van der Waals surface area contributed by atoms with Crippen molar-refractivity contribution in [1.82, 2.24) is 9.78 Å². The summed E-state index contributed by atoms with van der Waals surface area (Å²) in [7, 11) is 1.50. The highest BCUT2D eigenvalue weighted by Crippen LogP contribution is 2.30. The number of anilines is 2. The second kappa shape index (κ2) is 7.98. The van der Waals surface area contributed by atoms with Crippen molar-refractivity contribution in [2.24, 2.45) is 0 Å². The summed E-state index contributed by atoms with van der Waals surface area (Å²) in [5, 5.41) is 10.0. The normalized spacial score (nSPS) is 12.4. The minimum atomic E-state index is -0.340. The van der Waals surface area contributed by atoms with E-state index in [9.17, 15) is 14.0 Å². The molecule has 1 aliphatic carbocycles. The third-order valence-electron chi connectivity index (χ3n) is 4.98. The van der Waals surface area contributed by atoms with Gasteiger partial charge in [0.15, 0.2) is 5.69 Å². The van der Waals surface area contributed by atoms with Gasteiger partial charge < -0.3 is 15.4 Å². The number of nitrogens with one attached hydrogen (secondary N) is 2. The number of hydrogen-bond acceptors (Lipinski definition) is 4. The molecule has 1 heterocycles. The standard InChI is InChI=1S/C22H21FN4O3/c1-13(28)24-18-12-15(8-11-20(18)30-2)25-22(29)21-17-4-3-5-19(17)27(26-21)16-9-6-14(23)7-10-16/h6-12H,3-5H2,1-2H3,(H,24,28)(H,25,29). The number of methoxy groups -OCH3 is 1. The molecule has 1 aliphatic rings. The molecule has 0 atom stereocenters. The van der Waals surface area contributed by atoms with Crippen molar-refractivity contribution in [2.75, 3.05) is 17.7 Å². The number of aromatic nitrogens is 2. The van der Waals surface area contributed by atoms with Crippen LogP contribution in [-0.2, 0) is 17.6 Å². The Balaban J connectivity index is 1.64. The summed E-state index contributed by atoms with van der Waals surface area (Å²) >= 11 is 0. The van der Waals surface area contributed by atoms with Gasteiger partial charge >= 0.3 is 0 Å². The van der Waals surface area contributed by atoms with Gasteiger partial charge in [0.25, 0.3) is 5.91 Å². The van der Waals surface area contributed by atoms with Crippen molar-refractivity contribution in [3.63, 3.8) is 0 Å². The largest absolute Gasteiger partial charge is 0.495 e. The lowest BCUT2D eigenvalue weighted by molar-refractivity contribution is -0.114. The van der Waals surface area contributed by atoms with Gasteiger partial charge in [0.05, 0.1) is 18.5 Å². The van der Waals surface area contributed by atoms with Crippen LogP contribution >= 0.6 is 0 Å². The number of rotatable bonds is 5. The third-order valence-corrected chi connectivity index (χ3v) is 4.98. The molecule has 0 saturated carbocycles. The molecule has 1 aromatic heterocycles. The van der Waals surface area contributed by atoms with Crippen molar-refractivity contribution in [3.05, 3.63) is 65.2 Å². The Morgan fingerprint density at radius 2 is 1.87 bits per heavy atom. The lowest BCUT2D eigenvalue weighted by atomic mass is 10.2. The Morgan fingerprint density at radius 3 is 2.57 bits per heavy atom. The zero-order valence-corrected chi connectivity index (χ0v) is 16.7. The molecule has 4 rings (SSSR count). The monoisotopic (exact) mass is 408 g/mol. The van der Waals surface area contributed by atoms with Crippen LogP contribution in [0.25, 0.3) is 5.69 Å². The number of carbonyl (C=O) groups excluding carboxylic acids is 2. The van der Waals surface area contributed by atoms with Crippen LogP contribution < -0.4 is 15.4 Å². The van der Waals surface area contributed by atoms with Gasteiger partial charge in [-0.05, 0) is 61.7 Å². The zero-order valence-electron chi connectivity index (χ0n) is 16.7. The van der Waals surface area contributed by atoms with E-state index >= 15 is 0 Å². The summed E-state index contributed by atoms with van der Waals surface area (Å²) in [6.07, 6.45) is 2.51. The topological polar surface area (TPSA) is 85.2 Å². The summed E-state index contributed by atoms with van der Waals surface area (Å²) in [4.78, 5) is 24.4. The quantitative estimate of drug-likeness (QED) is 0.674. The number of amides is 2. The van der Waals surface area contributed by atoms with E-state index in [1.165, 1.54) is 26.2 Å². The van der Waals surface area contributed by atoms with Gasteiger partial charge in [-0.1, -0.05) is 0 Å². The smallest absolute Gasteiger partial charge is 0.276 e. The van der Waals surface area contributed by atoms with Crippen LogP contribution in [0.15, 0.2) is 42.5 Å². The predicted octanol–water partition coefficient (Wildman–Crippen LogP) is 3.72. The van der Waals surface area contributed by atoms with Crippen LogP contribution in [0.1, 0.15) is 35.1 Å². The summed E-state index contributed by atoms with van der Waals surface area (Å²) < 4.78 is 20.2. The molecule has 0 aliphatic heterocycles. The highest BCUT2D eigenvalue weighted by atomic mass is 19.1. The van der Waals surface area contributed by atoms with Crippen molar-refractivity contribution < 1.29 is 18.7 Å². The number of benzene rings is 2. The van der Waals surface area contributed by atoms with E-state index in [-0.39, 0.29) is 17.6 Å². The molecule has 154 valence electrons. The minimum Gasteiger partial charge on any atom is -0.495 e. The molecule has 2 amide bonds. The van der Waals surface area contributed by atoms with E-state index in [4.69, 9.17) is 4.74 Å². The number of halogens is 1. The van der Waals surface area contributed by atoms with Crippen LogP contribution in [0, 0.1) is 5.82 Å². The van der Waals surface area contributed by atoms with Crippen molar-refractivity contribution >= 4 is 23.2 Å². The lowest BCUT2D eigenvalue weighted by Gasteiger charge is -2.11.